The second-order valence-corrected chi connectivity index (χ2v) is 6.89. The van der Waals surface area contributed by atoms with E-state index in [9.17, 15) is 9.59 Å². The number of rotatable bonds is 7. The number of nitrogens with one attached hydrogen (secondary N) is 1. The van der Waals surface area contributed by atoms with Crippen molar-refractivity contribution >= 4 is 11.9 Å². The third-order valence-corrected chi connectivity index (χ3v) is 4.57. The van der Waals surface area contributed by atoms with Crippen molar-refractivity contribution in [3.63, 3.8) is 0 Å². The first-order valence-corrected chi connectivity index (χ1v) is 9.59. The predicted molar refractivity (Wildman–Crippen MR) is 109 cm³/mol. The third-order valence-electron chi connectivity index (χ3n) is 4.57. The Morgan fingerprint density at radius 1 is 0.828 bits per heavy atom. The molecule has 1 aliphatic carbocycles. The van der Waals surface area contributed by atoms with E-state index in [2.05, 4.69) is 5.32 Å². The first kappa shape index (κ1) is 18.7. The first-order chi connectivity index (χ1) is 14.2. The van der Waals surface area contributed by atoms with Gasteiger partial charge in [0.05, 0.1) is 0 Å². The van der Waals surface area contributed by atoms with Gasteiger partial charge in [-0.3, -0.25) is 4.79 Å². The Kier molecular flexibility index (Phi) is 5.56. The average Bonchev–Trinajstić information content (AvgIpc) is 3.57. The summed E-state index contributed by atoms with van der Waals surface area (Å²) in [5.41, 5.74) is 0.886. The number of esters is 1. The predicted octanol–water partition coefficient (Wildman–Crippen LogP) is 4.66. The molecule has 1 atom stereocenters. The molecule has 0 heterocycles. The number of carbonyl (C=O) groups is 2. The van der Waals surface area contributed by atoms with Crippen molar-refractivity contribution in [2.75, 3.05) is 0 Å². The smallest absolute Gasteiger partial charge is 0.343 e. The Bertz CT molecular complexity index is 984. The van der Waals surface area contributed by atoms with Gasteiger partial charge in [-0.15, -0.1) is 0 Å². The normalized spacial score (nSPS) is 13.9. The summed E-state index contributed by atoms with van der Waals surface area (Å²) in [5.74, 6) is 0.0572. The monoisotopic (exact) mass is 387 g/mol. The third kappa shape index (κ3) is 4.82. The summed E-state index contributed by atoms with van der Waals surface area (Å²) in [6.07, 6.45) is 0.887. The van der Waals surface area contributed by atoms with E-state index in [0.29, 0.717) is 17.1 Å². The molecular formula is C24H21NO4. The van der Waals surface area contributed by atoms with Crippen molar-refractivity contribution in [2.24, 2.45) is 0 Å². The van der Waals surface area contributed by atoms with E-state index >= 15 is 0 Å². The lowest BCUT2D eigenvalue weighted by Gasteiger charge is -2.19. The summed E-state index contributed by atoms with van der Waals surface area (Å²) < 4.78 is 11.5. The zero-order valence-corrected chi connectivity index (χ0v) is 15.8. The molecule has 0 spiro atoms. The molecule has 29 heavy (non-hydrogen) atoms. The topological polar surface area (TPSA) is 64.6 Å². The van der Waals surface area contributed by atoms with Crippen LogP contribution in [-0.2, 0) is 9.53 Å². The molecular weight excluding hydrogens is 366 g/mol. The summed E-state index contributed by atoms with van der Waals surface area (Å²) in [5, 5.41) is 2.92. The van der Waals surface area contributed by atoms with Gasteiger partial charge in [-0.05, 0) is 37.1 Å². The van der Waals surface area contributed by atoms with Crippen molar-refractivity contribution in [1.29, 1.82) is 0 Å². The van der Waals surface area contributed by atoms with Gasteiger partial charge in [0.2, 0.25) is 6.10 Å². The maximum atomic E-state index is 13.0. The zero-order valence-electron chi connectivity index (χ0n) is 15.8. The molecule has 0 aromatic heterocycles. The largest absolute Gasteiger partial charge is 0.456 e. The van der Waals surface area contributed by atoms with Crippen LogP contribution in [0.4, 0.5) is 0 Å². The van der Waals surface area contributed by atoms with Crippen LogP contribution in [0.15, 0.2) is 84.9 Å². The summed E-state index contributed by atoms with van der Waals surface area (Å²) in [4.78, 5) is 25.7. The molecule has 1 saturated carbocycles. The highest BCUT2D eigenvalue weighted by molar-refractivity contribution is 5.95. The lowest BCUT2D eigenvalue weighted by molar-refractivity contribution is -0.130. The summed E-state index contributed by atoms with van der Waals surface area (Å²) in [6, 6.07) is 25.2. The molecule has 0 aliphatic heterocycles. The summed E-state index contributed by atoms with van der Waals surface area (Å²) in [7, 11) is 0. The van der Waals surface area contributed by atoms with Gasteiger partial charge in [0, 0.05) is 11.6 Å². The van der Waals surface area contributed by atoms with Gasteiger partial charge >= 0.3 is 5.97 Å². The zero-order chi connectivity index (χ0) is 20.1. The second kappa shape index (κ2) is 8.61. The van der Waals surface area contributed by atoms with E-state index in [0.717, 1.165) is 12.8 Å². The number of para-hydroxylation sites is 2. The maximum absolute atomic E-state index is 13.0. The molecule has 146 valence electrons. The number of hydrogen-bond acceptors (Lipinski definition) is 4. The van der Waals surface area contributed by atoms with Crippen molar-refractivity contribution in [2.45, 2.75) is 25.0 Å². The Balaban J connectivity index is 1.57. The Hall–Kier alpha value is -3.60. The number of benzene rings is 3. The summed E-state index contributed by atoms with van der Waals surface area (Å²) in [6.45, 7) is 0. The molecule has 1 fully saturated rings. The van der Waals surface area contributed by atoms with Crippen molar-refractivity contribution < 1.29 is 19.1 Å². The van der Waals surface area contributed by atoms with Gasteiger partial charge in [-0.2, -0.15) is 0 Å². The number of ether oxygens (including phenoxy) is 2. The van der Waals surface area contributed by atoms with Crippen molar-refractivity contribution in [1.82, 2.24) is 5.32 Å². The fourth-order valence-electron chi connectivity index (χ4n) is 2.92. The van der Waals surface area contributed by atoms with Crippen LogP contribution in [0.25, 0.3) is 0 Å². The number of amides is 1. The van der Waals surface area contributed by atoms with Crippen LogP contribution < -0.4 is 10.1 Å². The molecule has 3 aromatic rings. The highest BCUT2D eigenvalue weighted by Gasteiger charge is 2.31. The van der Waals surface area contributed by atoms with Crippen LogP contribution in [0.1, 0.15) is 34.9 Å². The van der Waals surface area contributed by atoms with E-state index < -0.39 is 12.1 Å². The van der Waals surface area contributed by atoms with Gasteiger partial charge in [0.1, 0.15) is 17.1 Å². The summed E-state index contributed by atoms with van der Waals surface area (Å²) >= 11 is 0. The highest BCUT2D eigenvalue weighted by atomic mass is 16.6. The lowest BCUT2D eigenvalue weighted by Crippen LogP contribution is -2.33. The second-order valence-electron chi connectivity index (χ2n) is 6.89. The van der Waals surface area contributed by atoms with Crippen molar-refractivity contribution in [3.8, 4) is 11.5 Å². The molecule has 1 N–H and O–H groups in total. The fourth-order valence-corrected chi connectivity index (χ4v) is 2.92. The van der Waals surface area contributed by atoms with Gasteiger partial charge < -0.3 is 14.8 Å². The van der Waals surface area contributed by atoms with Crippen LogP contribution in [-0.4, -0.2) is 17.9 Å². The molecule has 5 heteroatoms. The molecule has 1 aliphatic rings. The van der Waals surface area contributed by atoms with Crippen LogP contribution >= 0.6 is 0 Å². The first-order valence-electron chi connectivity index (χ1n) is 9.59. The lowest BCUT2D eigenvalue weighted by atomic mass is 10.1. The Morgan fingerprint density at radius 3 is 2.14 bits per heavy atom. The van der Waals surface area contributed by atoms with E-state index in [1.807, 2.05) is 36.4 Å². The highest BCUT2D eigenvalue weighted by Crippen LogP contribution is 2.28. The van der Waals surface area contributed by atoms with Crippen LogP contribution in [0.2, 0.25) is 0 Å². The standard InChI is InChI=1S/C24H21NO4/c26-23(25-18-15-16-18)22(17-9-3-1-4-10-17)29-24(27)20-13-7-8-14-21(20)28-19-11-5-2-6-12-19/h1-14,18,22H,15-16H2,(H,25,26)/t22-/m0/s1. The Labute approximate surface area is 169 Å². The van der Waals surface area contributed by atoms with Gasteiger partial charge in [-0.1, -0.05) is 60.7 Å². The SMILES string of the molecule is O=C(O[C@H](C(=O)NC1CC1)c1ccccc1)c1ccccc1Oc1ccccc1. The van der Waals surface area contributed by atoms with Crippen LogP contribution in [0, 0.1) is 0 Å². The molecule has 5 nitrogen and oxygen atoms in total. The Morgan fingerprint density at radius 2 is 1.45 bits per heavy atom. The number of hydrogen-bond donors (Lipinski definition) is 1. The maximum Gasteiger partial charge on any atom is 0.343 e. The molecule has 0 unspecified atom stereocenters. The molecule has 0 radical (unpaired) electrons. The van der Waals surface area contributed by atoms with Gasteiger partial charge in [0.15, 0.2) is 0 Å². The van der Waals surface area contributed by atoms with E-state index in [1.165, 1.54) is 0 Å². The average molecular weight is 387 g/mol. The van der Waals surface area contributed by atoms with E-state index in [1.54, 1.807) is 48.5 Å². The van der Waals surface area contributed by atoms with Crippen LogP contribution in [0.5, 0.6) is 11.5 Å². The molecule has 4 rings (SSSR count). The fraction of sp³-hybridized carbons (Fsp3) is 0.167. The molecule has 0 bridgehead atoms. The van der Waals surface area contributed by atoms with Gasteiger partial charge in [-0.25, -0.2) is 4.79 Å². The minimum absolute atomic E-state index is 0.168. The van der Waals surface area contributed by atoms with Crippen LogP contribution in [0.3, 0.4) is 0 Å². The quantitative estimate of drug-likeness (QED) is 0.599. The molecule has 3 aromatic carbocycles. The number of carbonyl (C=O) groups excluding carboxylic acids is 2. The van der Waals surface area contributed by atoms with Gasteiger partial charge in [0.25, 0.3) is 5.91 Å². The minimum atomic E-state index is -1.02. The van der Waals surface area contributed by atoms with Crippen molar-refractivity contribution in [3.05, 3.63) is 96.1 Å². The van der Waals surface area contributed by atoms with E-state index in [4.69, 9.17) is 9.47 Å². The molecule has 0 saturated heterocycles. The minimum Gasteiger partial charge on any atom is -0.456 e. The molecule has 1 amide bonds. The van der Waals surface area contributed by atoms with E-state index in [-0.39, 0.29) is 17.5 Å².